The van der Waals surface area contributed by atoms with Crippen LogP contribution in [0.15, 0.2) is 24.3 Å². The predicted molar refractivity (Wildman–Crippen MR) is 66.4 cm³/mol. The highest BCUT2D eigenvalue weighted by Crippen LogP contribution is 2.00. The third kappa shape index (κ3) is 10.1. The molecule has 0 spiro atoms. The molecule has 0 aliphatic carbocycles. The summed E-state index contributed by atoms with van der Waals surface area (Å²) in [6, 6.07) is 0. The molecule has 11 heteroatoms. The molecule has 0 heterocycles. The number of esters is 4. The topological polar surface area (TPSA) is 182 Å². The van der Waals surface area contributed by atoms with E-state index in [1.54, 1.807) is 0 Å². The summed E-state index contributed by atoms with van der Waals surface area (Å²) in [7, 11) is 0. The number of aliphatic hydroxyl groups excluding tert-OH is 1. The van der Waals surface area contributed by atoms with E-state index in [0.717, 1.165) is 0 Å². The van der Waals surface area contributed by atoms with Gasteiger partial charge in [0.2, 0.25) is 0 Å². The molecule has 0 aliphatic rings. The Hall–Kier alpha value is -3.34. The molecule has 0 fully saturated rings. The van der Waals surface area contributed by atoms with Crippen molar-refractivity contribution < 1.29 is 53.6 Å². The first-order valence-corrected chi connectivity index (χ1v) is 5.62. The SMILES string of the molecule is O=C(O)/C=C/C(=O)OC(=O)CC(O)C(=O)OC(=O)/C=C/C(=O)O. The number of carboxylic acid groups (broad SMARTS) is 2. The fourth-order valence-corrected chi connectivity index (χ4v) is 0.909. The Morgan fingerprint density at radius 2 is 1.22 bits per heavy atom. The van der Waals surface area contributed by atoms with Crippen LogP contribution in [0, 0.1) is 0 Å². The van der Waals surface area contributed by atoms with Gasteiger partial charge >= 0.3 is 35.8 Å². The van der Waals surface area contributed by atoms with Crippen LogP contribution in [0.4, 0.5) is 0 Å². The second-order valence-electron chi connectivity index (χ2n) is 3.60. The van der Waals surface area contributed by atoms with Gasteiger partial charge in [-0.25, -0.2) is 24.0 Å². The van der Waals surface area contributed by atoms with Gasteiger partial charge in [0.05, 0.1) is 6.42 Å². The van der Waals surface area contributed by atoms with Crippen molar-refractivity contribution in [2.24, 2.45) is 0 Å². The maximum atomic E-state index is 11.2. The first-order chi connectivity index (χ1) is 10.6. The lowest BCUT2D eigenvalue weighted by Crippen LogP contribution is -2.29. The molecule has 0 saturated carbocycles. The summed E-state index contributed by atoms with van der Waals surface area (Å²) in [5.74, 6) is -8.65. The summed E-state index contributed by atoms with van der Waals surface area (Å²) in [4.78, 5) is 64.4. The Morgan fingerprint density at radius 1 is 0.783 bits per heavy atom. The summed E-state index contributed by atoms with van der Waals surface area (Å²) in [6.45, 7) is 0. The van der Waals surface area contributed by atoms with Crippen molar-refractivity contribution in [3.8, 4) is 0 Å². The summed E-state index contributed by atoms with van der Waals surface area (Å²) in [5, 5.41) is 25.7. The highest BCUT2D eigenvalue weighted by molar-refractivity contribution is 5.99. The average Bonchev–Trinajstić information content (AvgIpc) is 2.42. The van der Waals surface area contributed by atoms with E-state index in [9.17, 15) is 33.9 Å². The summed E-state index contributed by atoms with van der Waals surface area (Å²) in [6.07, 6.45) is -1.61. The van der Waals surface area contributed by atoms with Crippen molar-refractivity contribution in [2.75, 3.05) is 0 Å². The van der Waals surface area contributed by atoms with E-state index < -0.39 is 48.3 Å². The van der Waals surface area contributed by atoms with Crippen LogP contribution in [-0.2, 0) is 38.2 Å². The lowest BCUT2D eigenvalue weighted by molar-refractivity contribution is -0.168. The molecule has 11 nitrogen and oxygen atoms in total. The molecule has 3 N–H and O–H groups in total. The number of hydrogen-bond acceptors (Lipinski definition) is 9. The number of aliphatic carboxylic acids is 2. The van der Waals surface area contributed by atoms with E-state index in [0.29, 0.717) is 24.3 Å². The molecule has 124 valence electrons. The summed E-state index contributed by atoms with van der Waals surface area (Å²) in [5.41, 5.74) is 0. The molecule has 0 aromatic heterocycles. The minimum atomic E-state index is -2.15. The number of hydrogen-bond donors (Lipinski definition) is 3. The molecule has 0 amide bonds. The molecule has 0 aliphatic heterocycles. The number of ether oxygens (including phenoxy) is 2. The van der Waals surface area contributed by atoms with Crippen LogP contribution in [0.3, 0.4) is 0 Å². The van der Waals surface area contributed by atoms with Gasteiger partial charge in [-0.3, -0.25) is 4.79 Å². The second-order valence-corrected chi connectivity index (χ2v) is 3.60. The van der Waals surface area contributed by atoms with Gasteiger partial charge in [-0.05, 0) is 0 Å². The molecule has 0 aromatic carbocycles. The monoisotopic (exact) mass is 330 g/mol. The lowest BCUT2D eigenvalue weighted by Gasteiger charge is -2.07. The zero-order chi connectivity index (χ0) is 18.0. The maximum absolute atomic E-state index is 11.2. The summed E-state index contributed by atoms with van der Waals surface area (Å²) >= 11 is 0. The Morgan fingerprint density at radius 3 is 1.65 bits per heavy atom. The normalized spacial score (nSPS) is 11.9. The molecular formula is C12H10O11. The summed E-state index contributed by atoms with van der Waals surface area (Å²) < 4.78 is 8.02. The van der Waals surface area contributed by atoms with Crippen LogP contribution in [0.5, 0.6) is 0 Å². The minimum absolute atomic E-state index is 0.379. The van der Waals surface area contributed by atoms with Crippen molar-refractivity contribution in [3.63, 3.8) is 0 Å². The van der Waals surface area contributed by atoms with Gasteiger partial charge in [-0.15, -0.1) is 0 Å². The molecule has 0 aromatic rings. The first-order valence-electron chi connectivity index (χ1n) is 5.62. The third-order valence-corrected chi connectivity index (χ3v) is 1.77. The van der Waals surface area contributed by atoms with E-state index in [4.69, 9.17) is 10.2 Å². The smallest absolute Gasteiger partial charge is 0.343 e. The number of rotatable bonds is 7. The Bertz CT molecular complexity index is 584. The average molecular weight is 330 g/mol. The molecule has 23 heavy (non-hydrogen) atoms. The zero-order valence-corrected chi connectivity index (χ0v) is 11.2. The van der Waals surface area contributed by atoms with Gasteiger partial charge in [-0.2, -0.15) is 0 Å². The van der Waals surface area contributed by atoms with Gasteiger partial charge in [0.25, 0.3) is 0 Å². The number of carbonyl (C=O) groups is 6. The molecule has 0 saturated heterocycles. The number of aliphatic hydroxyl groups is 1. The van der Waals surface area contributed by atoms with Crippen LogP contribution < -0.4 is 0 Å². The van der Waals surface area contributed by atoms with Gasteiger partial charge in [0.15, 0.2) is 6.10 Å². The third-order valence-electron chi connectivity index (χ3n) is 1.77. The van der Waals surface area contributed by atoms with Gasteiger partial charge in [0, 0.05) is 24.3 Å². The van der Waals surface area contributed by atoms with Gasteiger partial charge in [-0.1, -0.05) is 0 Å². The van der Waals surface area contributed by atoms with Crippen LogP contribution in [-0.4, -0.2) is 57.2 Å². The van der Waals surface area contributed by atoms with Crippen LogP contribution in [0.2, 0.25) is 0 Å². The van der Waals surface area contributed by atoms with Crippen molar-refractivity contribution in [1.82, 2.24) is 0 Å². The van der Waals surface area contributed by atoms with E-state index >= 15 is 0 Å². The molecule has 1 unspecified atom stereocenters. The molecule has 0 rings (SSSR count). The van der Waals surface area contributed by atoms with E-state index in [2.05, 4.69) is 9.47 Å². The lowest BCUT2D eigenvalue weighted by atomic mass is 10.2. The minimum Gasteiger partial charge on any atom is -0.478 e. The van der Waals surface area contributed by atoms with E-state index in [1.165, 1.54) is 0 Å². The van der Waals surface area contributed by atoms with Crippen LogP contribution in [0.1, 0.15) is 6.42 Å². The van der Waals surface area contributed by atoms with Crippen LogP contribution >= 0.6 is 0 Å². The molecule has 0 bridgehead atoms. The van der Waals surface area contributed by atoms with E-state index in [-0.39, 0.29) is 0 Å². The molecule has 0 radical (unpaired) electrons. The maximum Gasteiger partial charge on any atom is 0.343 e. The largest absolute Gasteiger partial charge is 0.478 e. The number of carboxylic acids is 2. The van der Waals surface area contributed by atoms with Gasteiger partial charge < -0.3 is 24.8 Å². The van der Waals surface area contributed by atoms with Crippen molar-refractivity contribution in [2.45, 2.75) is 12.5 Å². The van der Waals surface area contributed by atoms with Gasteiger partial charge in [0.1, 0.15) is 0 Å². The molecular weight excluding hydrogens is 320 g/mol. The van der Waals surface area contributed by atoms with Crippen molar-refractivity contribution >= 4 is 35.8 Å². The quantitative estimate of drug-likeness (QED) is 0.271. The number of carbonyl (C=O) groups excluding carboxylic acids is 4. The highest BCUT2D eigenvalue weighted by atomic mass is 16.6. The Labute approximate surface area is 127 Å². The van der Waals surface area contributed by atoms with Crippen LogP contribution in [0.25, 0.3) is 0 Å². The highest BCUT2D eigenvalue weighted by Gasteiger charge is 2.24. The van der Waals surface area contributed by atoms with E-state index in [1.807, 2.05) is 0 Å². The standard InChI is InChI=1S/C12H10O11/c13-6(12(21)23-10(19)4-2-8(16)17)5-11(20)22-9(18)3-1-7(14)15/h1-4,6,13H,5H2,(H,14,15)(H,16,17)/b3-1+,4-2+. The van der Waals surface area contributed by atoms with Crippen molar-refractivity contribution in [1.29, 1.82) is 0 Å². The predicted octanol–water partition coefficient (Wildman–Crippen LogP) is -1.84. The van der Waals surface area contributed by atoms with Crippen molar-refractivity contribution in [3.05, 3.63) is 24.3 Å². The second kappa shape index (κ2) is 9.57. The first kappa shape index (κ1) is 19.7. The zero-order valence-electron chi connectivity index (χ0n) is 11.2. The fourth-order valence-electron chi connectivity index (χ4n) is 0.909. The fraction of sp³-hybridized carbons (Fsp3) is 0.167. The molecule has 1 atom stereocenters. The Balaban J connectivity index is 4.38. The Kier molecular flexibility index (Phi) is 8.18.